The van der Waals surface area contributed by atoms with Crippen molar-refractivity contribution in [2.45, 2.75) is 60.3 Å². The van der Waals surface area contributed by atoms with Crippen molar-refractivity contribution in [1.82, 2.24) is 0 Å². The number of carboxylic acids is 1. The molecule has 0 aromatic heterocycles. The average molecular weight is 393 g/mol. The Labute approximate surface area is 169 Å². The molecular weight excluding hydrogens is 356 g/mol. The van der Waals surface area contributed by atoms with Crippen molar-refractivity contribution in [3.63, 3.8) is 0 Å². The predicted octanol–water partition coefficient (Wildman–Crippen LogP) is 4.94. The molecule has 0 aliphatic rings. The standard InChI is InChI=1S/C11H14O2.C10H18O.C2H4O2/c1-2-11(12)13-9-8-10-6-4-3-5-7-10;1-9(2)5-4-6-10(3)7-8-11;1-2(3)4/h3-7H,2,8-9H2,1H3;5,7,11H,4,6,8H2,1-3H3;1H3,(H,3,4). The van der Waals surface area contributed by atoms with E-state index in [-0.39, 0.29) is 12.6 Å². The molecule has 1 rings (SSSR count). The normalized spacial score (nSPS) is 9.86. The van der Waals surface area contributed by atoms with Gasteiger partial charge in [0.15, 0.2) is 0 Å². The number of aliphatic hydroxyl groups excluding tert-OH is 1. The molecule has 0 saturated carbocycles. The Hall–Kier alpha value is -2.40. The highest BCUT2D eigenvalue weighted by Gasteiger charge is 1.97. The third-order valence-corrected chi connectivity index (χ3v) is 3.32. The second kappa shape index (κ2) is 19.4. The Bertz CT molecular complexity index is 580. The van der Waals surface area contributed by atoms with Gasteiger partial charge in [-0.25, -0.2) is 0 Å². The Morgan fingerprint density at radius 1 is 1.04 bits per heavy atom. The molecule has 5 heteroatoms. The summed E-state index contributed by atoms with van der Waals surface area (Å²) in [6, 6.07) is 10.00. The van der Waals surface area contributed by atoms with E-state index < -0.39 is 5.97 Å². The number of esters is 1. The summed E-state index contributed by atoms with van der Waals surface area (Å²) in [7, 11) is 0. The van der Waals surface area contributed by atoms with Gasteiger partial charge in [0.1, 0.15) is 0 Å². The average Bonchev–Trinajstić information content (AvgIpc) is 2.62. The molecule has 2 N–H and O–H groups in total. The van der Waals surface area contributed by atoms with Crippen LogP contribution in [-0.2, 0) is 20.7 Å². The molecule has 1 aromatic carbocycles. The summed E-state index contributed by atoms with van der Waals surface area (Å²) in [4.78, 5) is 19.8. The van der Waals surface area contributed by atoms with E-state index in [4.69, 9.17) is 19.7 Å². The Kier molecular flexibility index (Phi) is 19.2. The van der Waals surface area contributed by atoms with Crippen LogP contribution in [0.4, 0.5) is 0 Å². The van der Waals surface area contributed by atoms with Crippen LogP contribution in [0.1, 0.15) is 59.4 Å². The molecule has 1 aromatic rings. The smallest absolute Gasteiger partial charge is 0.305 e. The van der Waals surface area contributed by atoms with E-state index in [1.54, 1.807) is 6.92 Å². The van der Waals surface area contributed by atoms with Crippen molar-refractivity contribution in [2.75, 3.05) is 13.2 Å². The van der Waals surface area contributed by atoms with E-state index in [1.165, 1.54) is 16.7 Å². The van der Waals surface area contributed by atoms with Crippen LogP contribution in [0, 0.1) is 0 Å². The lowest BCUT2D eigenvalue weighted by Crippen LogP contribution is -2.05. The highest BCUT2D eigenvalue weighted by atomic mass is 16.5. The summed E-state index contributed by atoms with van der Waals surface area (Å²) in [5.74, 6) is -0.962. The fourth-order valence-corrected chi connectivity index (χ4v) is 1.88. The number of aliphatic carboxylic acids is 1. The fourth-order valence-electron chi connectivity index (χ4n) is 1.88. The first kappa shape index (κ1) is 27.8. The monoisotopic (exact) mass is 392 g/mol. The molecule has 0 unspecified atom stereocenters. The van der Waals surface area contributed by atoms with E-state index >= 15 is 0 Å². The Morgan fingerprint density at radius 3 is 2.07 bits per heavy atom. The molecule has 0 atom stereocenters. The Morgan fingerprint density at radius 2 is 1.61 bits per heavy atom. The number of carbonyl (C=O) groups is 2. The number of rotatable bonds is 8. The number of aliphatic hydroxyl groups is 1. The maximum Gasteiger partial charge on any atom is 0.305 e. The van der Waals surface area contributed by atoms with E-state index in [9.17, 15) is 4.79 Å². The van der Waals surface area contributed by atoms with Crippen LogP contribution in [0.25, 0.3) is 0 Å². The zero-order valence-electron chi connectivity index (χ0n) is 17.9. The van der Waals surface area contributed by atoms with Gasteiger partial charge < -0.3 is 14.9 Å². The van der Waals surface area contributed by atoms with Crippen LogP contribution in [-0.4, -0.2) is 35.4 Å². The predicted molar refractivity (Wildman–Crippen MR) is 114 cm³/mol. The van der Waals surface area contributed by atoms with Gasteiger partial charge in [0, 0.05) is 19.8 Å². The van der Waals surface area contributed by atoms with Gasteiger partial charge in [-0.05, 0) is 39.2 Å². The van der Waals surface area contributed by atoms with Crippen molar-refractivity contribution in [2.24, 2.45) is 0 Å². The number of carboxylic acid groups (broad SMARTS) is 1. The van der Waals surface area contributed by atoms with E-state index in [2.05, 4.69) is 26.8 Å². The largest absolute Gasteiger partial charge is 0.481 e. The molecule has 0 spiro atoms. The zero-order chi connectivity index (χ0) is 21.8. The summed E-state index contributed by atoms with van der Waals surface area (Å²) < 4.78 is 4.96. The Balaban J connectivity index is 0. The van der Waals surface area contributed by atoms with E-state index in [0.717, 1.165) is 26.2 Å². The summed E-state index contributed by atoms with van der Waals surface area (Å²) in [5.41, 5.74) is 3.83. The topological polar surface area (TPSA) is 83.8 Å². The quantitative estimate of drug-likeness (QED) is 0.483. The number of ether oxygens (including phenoxy) is 1. The van der Waals surface area contributed by atoms with Crippen molar-refractivity contribution < 1.29 is 24.5 Å². The maximum atomic E-state index is 10.8. The third kappa shape index (κ3) is 23.6. The highest BCUT2D eigenvalue weighted by molar-refractivity contribution is 5.68. The van der Waals surface area contributed by atoms with E-state index in [1.807, 2.05) is 36.4 Å². The number of hydrogen-bond acceptors (Lipinski definition) is 4. The number of allylic oxidation sites excluding steroid dienone is 3. The number of hydrogen-bond donors (Lipinski definition) is 2. The fraction of sp³-hybridized carbons (Fsp3) is 0.478. The minimum absolute atomic E-state index is 0.129. The maximum absolute atomic E-state index is 10.8. The van der Waals surface area contributed by atoms with Gasteiger partial charge in [-0.15, -0.1) is 0 Å². The van der Waals surface area contributed by atoms with Crippen molar-refractivity contribution in [1.29, 1.82) is 0 Å². The van der Waals surface area contributed by atoms with Crippen molar-refractivity contribution >= 4 is 11.9 Å². The van der Waals surface area contributed by atoms with Gasteiger partial charge >= 0.3 is 5.97 Å². The number of carbonyl (C=O) groups excluding carboxylic acids is 1. The second-order valence-electron chi connectivity index (χ2n) is 6.38. The minimum atomic E-state index is -0.833. The van der Waals surface area contributed by atoms with Crippen LogP contribution >= 0.6 is 0 Å². The first-order valence-corrected chi connectivity index (χ1v) is 9.51. The molecule has 0 saturated heterocycles. The van der Waals surface area contributed by atoms with Crippen LogP contribution in [0.15, 0.2) is 53.6 Å². The molecule has 0 radical (unpaired) electrons. The molecular formula is C23H36O5. The highest BCUT2D eigenvalue weighted by Crippen LogP contribution is 2.05. The lowest BCUT2D eigenvalue weighted by molar-refractivity contribution is -0.143. The second-order valence-corrected chi connectivity index (χ2v) is 6.38. The van der Waals surface area contributed by atoms with Gasteiger partial charge in [-0.2, -0.15) is 0 Å². The van der Waals surface area contributed by atoms with Crippen LogP contribution in [0.2, 0.25) is 0 Å². The zero-order valence-corrected chi connectivity index (χ0v) is 17.9. The van der Waals surface area contributed by atoms with Crippen molar-refractivity contribution in [3.8, 4) is 0 Å². The lowest BCUT2D eigenvalue weighted by Gasteiger charge is -2.02. The molecule has 0 aliphatic carbocycles. The minimum Gasteiger partial charge on any atom is -0.481 e. The lowest BCUT2D eigenvalue weighted by atomic mass is 10.1. The molecule has 5 nitrogen and oxygen atoms in total. The summed E-state index contributed by atoms with van der Waals surface area (Å²) in [5, 5.41) is 16.0. The van der Waals surface area contributed by atoms with Gasteiger partial charge in [0.25, 0.3) is 5.97 Å². The van der Waals surface area contributed by atoms with Gasteiger partial charge in [0.2, 0.25) is 0 Å². The van der Waals surface area contributed by atoms with Gasteiger partial charge in [-0.3, -0.25) is 9.59 Å². The van der Waals surface area contributed by atoms with Crippen LogP contribution in [0.5, 0.6) is 0 Å². The first-order valence-electron chi connectivity index (χ1n) is 9.51. The molecule has 0 fully saturated rings. The van der Waals surface area contributed by atoms with E-state index in [0.29, 0.717) is 13.0 Å². The SMILES string of the molecule is CC(=O)O.CC(C)=CCCC(C)=CCO.CCC(=O)OCCc1ccccc1. The molecule has 158 valence electrons. The molecule has 0 aliphatic heterocycles. The molecule has 0 heterocycles. The molecule has 0 bridgehead atoms. The van der Waals surface area contributed by atoms with Gasteiger partial charge in [-0.1, -0.05) is 60.6 Å². The molecule has 28 heavy (non-hydrogen) atoms. The summed E-state index contributed by atoms with van der Waals surface area (Å²) in [6.45, 7) is 9.79. The third-order valence-electron chi connectivity index (χ3n) is 3.32. The summed E-state index contributed by atoms with van der Waals surface area (Å²) in [6.07, 6.45) is 7.48. The van der Waals surface area contributed by atoms with Crippen molar-refractivity contribution in [3.05, 3.63) is 59.2 Å². The van der Waals surface area contributed by atoms with Crippen LogP contribution in [0.3, 0.4) is 0 Å². The summed E-state index contributed by atoms with van der Waals surface area (Å²) >= 11 is 0. The first-order chi connectivity index (χ1) is 13.2. The number of benzene rings is 1. The van der Waals surface area contributed by atoms with Crippen LogP contribution < -0.4 is 0 Å². The molecule has 0 amide bonds. The van der Waals surface area contributed by atoms with Gasteiger partial charge in [0.05, 0.1) is 13.2 Å².